The maximum Gasteiger partial charge on any atom is 0.321 e. The van der Waals surface area contributed by atoms with Crippen molar-refractivity contribution in [2.24, 2.45) is 0 Å². The highest BCUT2D eigenvalue weighted by Crippen LogP contribution is 2.21. The number of urea groups is 1. The molecule has 2 heterocycles. The van der Waals surface area contributed by atoms with Crippen LogP contribution in [0.5, 0.6) is 5.75 Å². The summed E-state index contributed by atoms with van der Waals surface area (Å²) in [5.74, 6) is 1.56. The zero-order valence-electron chi connectivity index (χ0n) is 17.2. The van der Waals surface area contributed by atoms with Crippen LogP contribution in [0.25, 0.3) is 5.69 Å². The maximum atomic E-state index is 12.5. The zero-order chi connectivity index (χ0) is 21.6. The molecule has 0 saturated carbocycles. The van der Waals surface area contributed by atoms with Crippen LogP contribution in [0.3, 0.4) is 0 Å². The zero-order valence-corrected chi connectivity index (χ0v) is 18.0. The van der Waals surface area contributed by atoms with Gasteiger partial charge in [0.15, 0.2) is 5.82 Å². The molecule has 1 N–H and O–H groups in total. The van der Waals surface area contributed by atoms with Gasteiger partial charge in [-0.15, -0.1) is 5.10 Å². The third-order valence-corrected chi connectivity index (χ3v) is 5.40. The van der Waals surface area contributed by atoms with Crippen LogP contribution in [-0.4, -0.2) is 68.8 Å². The van der Waals surface area contributed by atoms with Crippen LogP contribution in [-0.2, 0) is 6.54 Å². The Morgan fingerprint density at radius 2 is 1.84 bits per heavy atom. The van der Waals surface area contributed by atoms with Crippen LogP contribution in [0.1, 0.15) is 12.7 Å². The smallest absolute Gasteiger partial charge is 0.321 e. The molecule has 9 nitrogen and oxygen atoms in total. The van der Waals surface area contributed by atoms with Crippen molar-refractivity contribution in [3.8, 4) is 11.4 Å². The molecule has 1 aliphatic heterocycles. The van der Waals surface area contributed by atoms with E-state index in [1.807, 2.05) is 43.3 Å². The summed E-state index contributed by atoms with van der Waals surface area (Å²) >= 11 is 6.13. The summed E-state index contributed by atoms with van der Waals surface area (Å²) in [5, 5.41) is 15.6. The topological polar surface area (TPSA) is 88.4 Å². The number of hydrogen-bond acceptors (Lipinski definition) is 6. The number of benzene rings is 2. The summed E-state index contributed by atoms with van der Waals surface area (Å²) in [6, 6.07) is 14.7. The number of amides is 2. The first kappa shape index (κ1) is 21.1. The average molecular weight is 442 g/mol. The molecule has 2 amide bonds. The second-order valence-electron chi connectivity index (χ2n) is 7.11. The van der Waals surface area contributed by atoms with E-state index in [1.54, 1.807) is 21.7 Å². The summed E-state index contributed by atoms with van der Waals surface area (Å²) in [6.07, 6.45) is 0. The van der Waals surface area contributed by atoms with E-state index < -0.39 is 0 Å². The second-order valence-corrected chi connectivity index (χ2v) is 7.51. The number of nitrogens with zero attached hydrogens (tertiary/aromatic N) is 6. The molecular weight excluding hydrogens is 418 g/mol. The number of aromatic nitrogens is 4. The van der Waals surface area contributed by atoms with Crippen molar-refractivity contribution in [3.63, 3.8) is 0 Å². The third kappa shape index (κ3) is 5.12. The van der Waals surface area contributed by atoms with Gasteiger partial charge in [-0.1, -0.05) is 23.7 Å². The van der Waals surface area contributed by atoms with Gasteiger partial charge < -0.3 is 15.0 Å². The Balaban J connectivity index is 1.33. The molecule has 1 saturated heterocycles. The van der Waals surface area contributed by atoms with Crippen LogP contribution in [0, 0.1) is 0 Å². The number of tetrazole rings is 1. The lowest BCUT2D eigenvalue weighted by Gasteiger charge is -2.34. The fraction of sp³-hybridized carbons (Fsp3) is 0.333. The molecule has 0 spiro atoms. The van der Waals surface area contributed by atoms with E-state index in [4.69, 9.17) is 16.3 Å². The fourth-order valence-electron chi connectivity index (χ4n) is 3.42. The quantitative estimate of drug-likeness (QED) is 0.632. The van der Waals surface area contributed by atoms with Crippen LogP contribution in [0.4, 0.5) is 10.5 Å². The molecule has 2 aromatic carbocycles. The third-order valence-electron chi connectivity index (χ3n) is 5.07. The number of carbonyl (C=O) groups is 1. The Morgan fingerprint density at radius 3 is 2.55 bits per heavy atom. The summed E-state index contributed by atoms with van der Waals surface area (Å²) in [7, 11) is 0. The summed E-state index contributed by atoms with van der Waals surface area (Å²) < 4.78 is 7.22. The number of nitrogens with one attached hydrogen (secondary N) is 1. The minimum absolute atomic E-state index is 0.146. The highest BCUT2D eigenvalue weighted by atomic mass is 35.5. The van der Waals surface area contributed by atoms with Gasteiger partial charge in [-0.05, 0) is 53.7 Å². The Bertz CT molecular complexity index is 1020. The number of piperazine rings is 1. The number of rotatable bonds is 6. The summed E-state index contributed by atoms with van der Waals surface area (Å²) in [4.78, 5) is 16.6. The largest absolute Gasteiger partial charge is 0.494 e. The number of carbonyl (C=O) groups excluding carboxylic acids is 1. The van der Waals surface area contributed by atoms with Gasteiger partial charge in [0.1, 0.15) is 5.75 Å². The minimum Gasteiger partial charge on any atom is -0.494 e. The Hall–Kier alpha value is -3.17. The van der Waals surface area contributed by atoms with Gasteiger partial charge in [0.25, 0.3) is 0 Å². The first-order chi connectivity index (χ1) is 15.1. The molecule has 0 atom stereocenters. The van der Waals surface area contributed by atoms with E-state index in [0.29, 0.717) is 37.0 Å². The lowest BCUT2D eigenvalue weighted by Crippen LogP contribution is -2.49. The number of halogens is 1. The molecule has 1 fully saturated rings. The van der Waals surface area contributed by atoms with Crippen molar-refractivity contribution in [2.45, 2.75) is 13.5 Å². The minimum atomic E-state index is -0.146. The number of ether oxygens (including phenoxy) is 1. The van der Waals surface area contributed by atoms with Gasteiger partial charge in [-0.2, -0.15) is 4.68 Å². The van der Waals surface area contributed by atoms with Crippen LogP contribution >= 0.6 is 11.6 Å². The second kappa shape index (κ2) is 9.76. The van der Waals surface area contributed by atoms with Crippen LogP contribution < -0.4 is 10.1 Å². The van der Waals surface area contributed by atoms with Gasteiger partial charge in [-0.25, -0.2) is 4.79 Å². The van der Waals surface area contributed by atoms with Crippen molar-refractivity contribution in [3.05, 3.63) is 59.4 Å². The highest BCUT2D eigenvalue weighted by Gasteiger charge is 2.23. The van der Waals surface area contributed by atoms with Gasteiger partial charge in [0.2, 0.25) is 0 Å². The predicted molar refractivity (Wildman–Crippen MR) is 118 cm³/mol. The molecule has 1 aromatic heterocycles. The molecule has 0 unspecified atom stereocenters. The molecule has 31 heavy (non-hydrogen) atoms. The summed E-state index contributed by atoms with van der Waals surface area (Å²) in [6.45, 7) is 5.85. The average Bonchev–Trinajstić information content (AvgIpc) is 3.25. The van der Waals surface area contributed by atoms with Crippen LogP contribution in [0.15, 0.2) is 48.5 Å². The van der Waals surface area contributed by atoms with Crippen molar-refractivity contribution in [1.82, 2.24) is 30.0 Å². The monoisotopic (exact) mass is 441 g/mol. The van der Waals surface area contributed by atoms with Gasteiger partial charge in [0.05, 0.1) is 29.5 Å². The SMILES string of the molecule is CCOc1ccc(-n2nnnc2CN2CCN(C(=O)Nc3ccccc3Cl)CC2)cc1. The maximum absolute atomic E-state index is 12.5. The Labute approximate surface area is 185 Å². The normalized spacial score (nSPS) is 14.5. The lowest BCUT2D eigenvalue weighted by atomic mass is 10.3. The first-order valence-corrected chi connectivity index (χ1v) is 10.5. The van der Waals surface area contributed by atoms with E-state index in [-0.39, 0.29) is 6.03 Å². The molecule has 10 heteroatoms. The van der Waals surface area contributed by atoms with Crippen molar-refractivity contribution >= 4 is 23.3 Å². The van der Waals surface area contributed by atoms with Crippen molar-refractivity contribution in [1.29, 1.82) is 0 Å². The number of hydrogen-bond donors (Lipinski definition) is 1. The predicted octanol–water partition coefficient (Wildman–Crippen LogP) is 3.06. The molecule has 3 aromatic rings. The number of anilines is 1. The Kier molecular flexibility index (Phi) is 6.63. The van der Waals surface area contributed by atoms with Gasteiger partial charge in [0, 0.05) is 26.2 Å². The fourth-order valence-corrected chi connectivity index (χ4v) is 3.60. The molecular formula is C21H24ClN7O2. The van der Waals surface area contributed by atoms with Crippen LogP contribution in [0.2, 0.25) is 5.02 Å². The first-order valence-electron chi connectivity index (χ1n) is 10.2. The van der Waals surface area contributed by atoms with E-state index in [1.165, 1.54) is 0 Å². The molecule has 0 bridgehead atoms. The van der Waals surface area contributed by atoms with E-state index >= 15 is 0 Å². The molecule has 0 radical (unpaired) electrons. The molecule has 162 valence electrons. The summed E-state index contributed by atoms with van der Waals surface area (Å²) in [5.41, 5.74) is 1.49. The highest BCUT2D eigenvalue weighted by molar-refractivity contribution is 6.33. The van der Waals surface area contributed by atoms with E-state index in [9.17, 15) is 4.79 Å². The van der Waals surface area contributed by atoms with Crippen molar-refractivity contribution < 1.29 is 9.53 Å². The Morgan fingerprint density at radius 1 is 1.10 bits per heavy atom. The van der Waals surface area contributed by atoms with Crippen molar-refractivity contribution in [2.75, 3.05) is 38.1 Å². The lowest BCUT2D eigenvalue weighted by molar-refractivity contribution is 0.140. The van der Waals surface area contributed by atoms with E-state index in [0.717, 1.165) is 30.4 Å². The van der Waals surface area contributed by atoms with Gasteiger partial charge in [-0.3, -0.25) is 4.90 Å². The van der Waals surface area contributed by atoms with Gasteiger partial charge >= 0.3 is 6.03 Å². The molecule has 4 rings (SSSR count). The molecule has 0 aliphatic carbocycles. The molecule has 1 aliphatic rings. The number of para-hydroxylation sites is 1. The standard InChI is InChI=1S/C21H24ClN7O2/c1-2-31-17-9-7-16(8-10-17)29-20(24-25-26-29)15-27-11-13-28(14-12-27)21(30)23-19-6-4-3-5-18(19)22/h3-10H,2,11-15H2,1H3,(H,23,30). The van der Waals surface area contributed by atoms with E-state index in [2.05, 4.69) is 25.7 Å².